The molecule has 0 aliphatic carbocycles. The van der Waals surface area contributed by atoms with E-state index in [9.17, 15) is 10.1 Å². The standard InChI is InChI=1S/C19H18N2O2/c1-13(2)19(22)21(3)18-7-5-6-16(17(18)12-20)14-8-10-15(23-4)11-9-14/h5-11H,1H2,2-4H3. The van der Waals surface area contributed by atoms with Crippen LogP contribution in [-0.4, -0.2) is 20.1 Å². The van der Waals surface area contributed by atoms with Crippen LogP contribution in [0, 0.1) is 11.3 Å². The van der Waals surface area contributed by atoms with Gasteiger partial charge in [0.1, 0.15) is 11.8 Å². The average molecular weight is 306 g/mol. The fraction of sp³-hybridized carbons (Fsp3) is 0.158. The SMILES string of the molecule is C=C(C)C(=O)N(C)c1cccc(-c2ccc(OC)cc2)c1C#N. The molecule has 2 aromatic rings. The van der Waals surface area contributed by atoms with Crippen molar-refractivity contribution in [3.8, 4) is 22.9 Å². The summed E-state index contributed by atoms with van der Waals surface area (Å²) in [7, 11) is 3.25. The van der Waals surface area contributed by atoms with Crippen LogP contribution >= 0.6 is 0 Å². The van der Waals surface area contributed by atoms with Gasteiger partial charge in [0.15, 0.2) is 0 Å². The number of likely N-dealkylation sites (N-methyl/N-ethyl adjacent to an activating group) is 1. The highest BCUT2D eigenvalue weighted by atomic mass is 16.5. The van der Waals surface area contributed by atoms with Gasteiger partial charge in [-0.3, -0.25) is 4.79 Å². The number of benzene rings is 2. The lowest BCUT2D eigenvalue weighted by atomic mass is 9.98. The first kappa shape index (κ1) is 16.3. The predicted molar refractivity (Wildman–Crippen MR) is 91.4 cm³/mol. The van der Waals surface area contributed by atoms with E-state index in [1.165, 1.54) is 4.90 Å². The summed E-state index contributed by atoms with van der Waals surface area (Å²) in [4.78, 5) is 13.6. The summed E-state index contributed by atoms with van der Waals surface area (Å²) in [5.41, 5.74) is 3.10. The van der Waals surface area contributed by atoms with E-state index >= 15 is 0 Å². The van der Waals surface area contributed by atoms with E-state index in [2.05, 4.69) is 12.6 Å². The van der Waals surface area contributed by atoms with E-state index in [4.69, 9.17) is 4.74 Å². The maximum Gasteiger partial charge on any atom is 0.253 e. The van der Waals surface area contributed by atoms with E-state index in [1.807, 2.05) is 36.4 Å². The molecule has 23 heavy (non-hydrogen) atoms. The van der Waals surface area contributed by atoms with E-state index in [1.54, 1.807) is 27.1 Å². The van der Waals surface area contributed by atoms with Crippen molar-refractivity contribution in [3.63, 3.8) is 0 Å². The molecule has 0 aromatic heterocycles. The number of rotatable bonds is 4. The summed E-state index contributed by atoms with van der Waals surface area (Å²) in [6, 6.07) is 15.1. The molecule has 0 fully saturated rings. The predicted octanol–water partition coefficient (Wildman–Crippen LogP) is 3.77. The molecule has 0 N–H and O–H groups in total. The number of hydrogen-bond donors (Lipinski definition) is 0. The minimum atomic E-state index is -0.214. The van der Waals surface area contributed by atoms with Crippen LogP contribution in [0.3, 0.4) is 0 Å². The number of nitrogens with zero attached hydrogens (tertiary/aromatic N) is 2. The van der Waals surface area contributed by atoms with Crippen LogP contribution in [0.25, 0.3) is 11.1 Å². The van der Waals surface area contributed by atoms with Crippen LogP contribution in [0.15, 0.2) is 54.6 Å². The smallest absolute Gasteiger partial charge is 0.253 e. The maximum absolute atomic E-state index is 12.1. The Bertz CT molecular complexity index is 786. The van der Waals surface area contributed by atoms with Crippen molar-refractivity contribution in [2.75, 3.05) is 19.1 Å². The van der Waals surface area contributed by atoms with Crippen LogP contribution in [0.1, 0.15) is 12.5 Å². The molecule has 0 heterocycles. The fourth-order valence-electron chi connectivity index (χ4n) is 2.34. The monoisotopic (exact) mass is 306 g/mol. The molecule has 2 rings (SSSR count). The van der Waals surface area contributed by atoms with Gasteiger partial charge >= 0.3 is 0 Å². The molecule has 4 heteroatoms. The molecule has 2 aromatic carbocycles. The number of carbonyl (C=O) groups excluding carboxylic acids is 1. The van der Waals surface area contributed by atoms with E-state index in [-0.39, 0.29) is 5.91 Å². The lowest BCUT2D eigenvalue weighted by Gasteiger charge is -2.20. The van der Waals surface area contributed by atoms with Crippen LogP contribution in [0.2, 0.25) is 0 Å². The normalized spacial score (nSPS) is 9.83. The van der Waals surface area contributed by atoms with Crippen molar-refractivity contribution in [1.29, 1.82) is 5.26 Å². The molecule has 0 aliphatic heterocycles. The first-order valence-corrected chi connectivity index (χ1v) is 7.10. The summed E-state index contributed by atoms with van der Waals surface area (Å²) in [6.07, 6.45) is 0. The molecule has 0 spiro atoms. The minimum absolute atomic E-state index is 0.214. The summed E-state index contributed by atoms with van der Waals surface area (Å²) < 4.78 is 5.15. The highest BCUT2D eigenvalue weighted by Gasteiger charge is 2.18. The molecular weight excluding hydrogens is 288 g/mol. The molecule has 0 radical (unpaired) electrons. The molecule has 1 amide bonds. The highest BCUT2D eigenvalue weighted by Crippen LogP contribution is 2.31. The van der Waals surface area contributed by atoms with Gasteiger partial charge in [-0.15, -0.1) is 0 Å². The summed E-state index contributed by atoms with van der Waals surface area (Å²) >= 11 is 0. The van der Waals surface area contributed by atoms with Crippen molar-refractivity contribution in [2.24, 2.45) is 0 Å². The Balaban J connectivity index is 2.54. The van der Waals surface area contributed by atoms with Crippen molar-refractivity contribution in [1.82, 2.24) is 0 Å². The van der Waals surface area contributed by atoms with Gasteiger partial charge in [-0.05, 0) is 30.7 Å². The fourth-order valence-corrected chi connectivity index (χ4v) is 2.34. The third-order valence-corrected chi connectivity index (χ3v) is 3.59. The van der Waals surface area contributed by atoms with E-state index < -0.39 is 0 Å². The lowest BCUT2D eigenvalue weighted by molar-refractivity contribution is -0.114. The maximum atomic E-state index is 12.1. The van der Waals surface area contributed by atoms with Crippen LogP contribution in [0.4, 0.5) is 5.69 Å². The van der Waals surface area contributed by atoms with Crippen LogP contribution in [0.5, 0.6) is 5.75 Å². The zero-order valence-corrected chi connectivity index (χ0v) is 13.5. The first-order chi connectivity index (χ1) is 11.0. The van der Waals surface area contributed by atoms with Crippen LogP contribution in [-0.2, 0) is 4.79 Å². The summed E-state index contributed by atoms with van der Waals surface area (Å²) in [5.74, 6) is 0.534. The van der Waals surface area contributed by atoms with Crippen molar-refractivity contribution < 1.29 is 9.53 Å². The van der Waals surface area contributed by atoms with Gasteiger partial charge in [0.05, 0.1) is 18.4 Å². The van der Waals surface area contributed by atoms with Crippen molar-refractivity contribution in [3.05, 3.63) is 60.2 Å². The third-order valence-electron chi connectivity index (χ3n) is 3.59. The second kappa shape index (κ2) is 6.80. The Morgan fingerprint density at radius 2 is 1.87 bits per heavy atom. The van der Waals surface area contributed by atoms with Gasteiger partial charge in [0.2, 0.25) is 0 Å². The van der Waals surface area contributed by atoms with E-state index in [0.717, 1.165) is 16.9 Å². The quantitative estimate of drug-likeness (QED) is 0.808. The molecule has 116 valence electrons. The van der Waals surface area contributed by atoms with Gasteiger partial charge in [0, 0.05) is 18.2 Å². The van der Waals surface area contributed by atoms with Gasteiger partial charge < -0.3 is 9.64 Å². The Morgan fingerprint density at radius 1 is 1.22 bits per heavy atom. The van der Waals surface area contributed by atoms with E-state index in [0.29, 0.717) is 16.8 Å². The molecule has 0 bridgehead atoms. The average Bonchev–Trinajstić information content (AvgIpc) is 2.59. The topological polar surface area (TPSA) is 53.3 Å². The largest absolute Gasteiger partial charge is 0.497 e. The molecule has 0 aliphatic rings. The second-order valence-corrected chi connectivity index (χ2v) is 5.18. The zero-order chi connectivity index (χ0) is 17.0. The van der Waals surface area contributed by atoms with Gasteiger partial charge in [-0.25, -0.2) is 0 Å². The van der Waals surface area contributed by atoms with Crippen LogP contribution < -0.4 is 9.64 Å². The minimum Gasteiger partial charge on any atom is -0.497 e. The Kier molecular flexibility index (Phi) is 4.82. The number of anilines is 1. The molecule has 4 nitrogen and oxygen atoms in total. The lowest BCUT2D eigenvalue weighted by Crippen LogP contribution is -2.27. The second-order valence-electron chi connectivity index (χ2n) is 5.18. The molecule has 0 saturated heterocycles. The molecular formula is C19H18N2O2. The summed E-state index contributed by atoms with van der Waals surface area (Å²) in [6.45, 7) is 5.32. The molecule has 0 saturated carbocycles. The first-order valence-electron chi connectivity index (χ1n) is 7.10. The number of nitriles is 1. The Morgan fingerprint density at radius 3 is 2.39 bits per heavy atom. The Labute approximate surface area is 136 Å². The molecule has 0 atom stereocenters. The number of amides is 1. The number of carbonyl (C=O) groups is 1. The van der Waals surface area contributed by atoms with Gasteiger partial charge in [-0.1, -0.05) is 30.8 Å². The third kappa shape index (κ3) is 3.24. The number of hydrogen-bond acceptors (Lipinski definition) is 3. The summed E-state index contributed by atoms with van der Waals surface area (Å²) in [5, 5.41) is 9.60. The number of methoxy groups -OCH3 is 1. The molecule has 0 unspecified atom stereocenters. The zero-order valence-electron chi connectivity index (χ0n) is 13.5. The highest BCUT2D eigenvalue weighted by molar-refractivity contribution is 6.05. The van der Waals surface area contributed by atoms with Crippen molar-refractivity contribution in [2.45, 2.75) is 6.92 Å². The Hall–Kier alpha value is -3.06. The van der Waals surface area contributed by atoms with Gasteiger partial charge in [0.25, 0.3) is 5.91 Å². The number of ether oxygens (including phenoxy) is 1. The van der Waals surface area contributed by atoms with Crippen molar-refractivity contribution >= 4 is 11.6 Å². The van der Waals surface area contributed by atoms with Gasteiger partial charge in [-0.2, -0.15) is 5.26 Å².